The smallest absolute Gasteiger partial charge is 0.418 e. The highest BCUT2D eigenvalue weighted by atomic mass is 127. The molecule has 2 rings (SSSR count). The van der Waals surface area contributed by atoms with Crippen molar-refractivity contribution >= 4 is 29.8 Å². The summed E-state index contributed by atoms with van der Waals surface area (Å²) in [4.78, 5) is 0. The van der Waals surface area contributed by atoms with Crippen molar-refractivity contribution in [3.05, 3.63) is 57.7 Å². The van der Waals surface area contributed by atoms with E-state index in [2.05, 4.69) is 78.0 Å². The second-order valence-corrected chi connectivity index (χ2v) is 7.00. The minimum Gasteiger partial charge on any atom is -0.418 e. The normalized spacial score (nSPS) is 11.0. The Kier molecular flexibility index (Phi) is 10.2. The molecule has 6 heteroatoms. The topological polar surface area (TPSA) is 0 Å². The third-order valence-electron chi connectivity index (χ3n) is 3.68. The number of halogens is 5. The van der Waals surface area contributed by atoms with Gasteiger partial charge in [-0.3, -0.25) is 0 Å². The lowest BCUT2D eigenvalue weighted by Crippen LogP contribution is -2.02. The van der Waals surface area contributed by atoms with Gasteiger partial charge in [0.2, 0.25) is 0 Å². The molecule has 0 aromatic heterocycles. The van der Waals surface area contributed by atoms with Gasteiger partial charge in [0.1, 0.15) is 0 Å². The van der Waals surface area contributed by atoms with Crippen LogP contribution in [0.5, 0.6) is 0 Å². The van der Waals surface area contributed by atoms with Gasteiger partial charge in [0, 0.05) is 3.57 Å². The van der Waals surface area contributed by atoms with Crippen molar-refractivity contribution in [2.75, 3.05) is 0 Å². The minimum absolute atomic E-state index is 1.21. The summed E-state index contributed by atoms with van der Waals surface area (Å²) in [6.07, 6.45) is 7.96. The van der Waals surface area contributed by atoms with Crippen LogP contribution >= 0.6 is 22.6 Å². The molecule has 0 unspecified atom stereocenters. The van der Waals surface area contributed by atoms with Crippen LogP contribution in [0.1, 0.15) is 44.6 Å². The van der Waals surface area contributed by atoms with E-state index in [4.69, 9.17) is 0 Å². The molecule has 0 aliphatic carbocycles. The molecule has 0 aliphatic rings. The molecule has 0 N–H and O–H groups in total. The largest absolute Gasteiger partial charge is 0.673 e. The fourth-order valence-electron chi connectivity index (χ4n) is 2.50. The SMILES string of the molecule is CCCCCCCc1ccc(I)c(-c2ccccc2)c1.F[B-](F)(F)F. The Morgan fingerprint density at radius 3 is 2.04 bits per heavy atom. The second kappa shape index (κ2) is 11.5. The second-order valence-electron chi connectivity index (χ2n) is 5.84. The molecule has 0 fully saturated rings. The molecule has 0 saturated heterocycles. The molecule has 0 atom stereocenters. The van der Waals surface area contributed by atoms with E-state index < -0.39 is 7.25 Å². The number of rotatable bonds is 7. The van der Waals surface area contributed by atoms with Crippen molar-refractivity contribution in [3.63, 3.8) is 0 Å². The van der Waals surface area contributed by atoms with Gasteiger partial charge in [-0.2, -0.15) is 0 Å². The zero-order chi connectivity index (χ0) is 18.7. The van der Waals surface area contributed by atoms with Crippen LogP contribution in [0.15, 0.2) is 48.5 Å². The molecule has 0 radical (unpaired) electrons. The molecule has 0 spiro atoms. The first-order valence-corrected chi connectivity index (χ1v) is 9.60. The zero-order valence-corrected chi connectivity index (χ0v) is 16.5. The number of hydrogen-bond acceptors (Lipinski definition) is 0. The zero-order valence-electron chi connectivity index (χ0n) is 14.3. The Balaban J connectivity index is 0.000000550. The molecule has 0 aliphatic heterocycles. The van der Waals surface area contributed by atoms with E-state index in [-0.39, 0.29) is 0 Å². The monoisotopic (exact) mass is 465 g/mol. The molecule has 2 aromatic carbocycles. The highest BCUT2D eigenvalue weighted by Crippen LogP contribution is 2.26. The standard InChI is InChI=1S/C19H23I.BF4/c1-2-3-4-5-7-10-16-13-14-19(20)18(15-16)17-11-8-6-9-12-17;2-1(3,4)5/h6,8-9,11-15H,2-5,7,10H2,1H3;/q;-1. The Bertz CT molecular complexity index is 609. The summed E-state index contributed by atoms with van der Waals surface area (Å²) in [5.74, 6) is 0. The minimum atomic E-state index is -6.00. The fraction of sp³-hybridized carbons (Fsp3) is 0.368. The summed E-state index contributed by atoms with van der Waals surface area (Å²) >= 11 is 2.44. The van der Waals surface area contributed by atoms with Crippen LogP contribution in [0.2, 0.25) is 0 Å². The van der Waals surface area contributed by atoms with Crippen molar-refractivity contribution in [1.82, 2.24) is 0 Å². The Labute approximate surface area is 161 Å². The highest BCUT2D eigenvalue weighted by molar-refractivity contribution is 14.1. The van der Waals surface area contributed by atoms with Crippen LogP contribution in [-0.2, 0) is 6.42 Å². The summed E-state index contributed by atoms with van der Waals surface area (Å²) in [7, 11) is -6.00. The number of unbranched alkanes of at least 4 members (excludes halogenated alkanes) is 4. The van der Waals surface area contributed by atoms with E-state index in [0.717, 1.165) is 0 Å². The maximum Gasteiger partial charge on any atom is 0.673 e. The number of aryl methyl sites for hydroxylation is 1. The van der Waals surface area contributed by atoms with Crippen LogP contribution in [0.25, 0.3) is 11.1 Å². The van der Waals surface area contributed by atoms with Gasteiger partial charge in [0.05, 0.1) is 0 Å². The van der Waals surface area contributed by atoms with Gasteiger partial charge in [0.25, 0.3) is 0 Å². The fourth-order valence-corrected chi connectivity index (χ4v) is 3.15. The van der Waals surface area contributed by atoms with Gasteiger partial charge in [-0.25, -0.2) is 0 Å². The van der Waals surface area contributed by atoms with Crippen molar-refractivity contribution in [2.45, 2.75) is 45.4 Å². The lowest BCUT2D eigenvalue weighted by molar-refractivity contribution is 0.368. The van der Waals surface area contributed by atoms with E-state index in [9.17, 15) is 17.3 Å². The van der Waals surface area contributed by atoms with Gasteiger partial charge < -0.3 is 17.3 Å². The summed E-state index contributed by atoms with van der Waals surface area (Å²) in [5, 5.41) is 0. The quantitative estimate of drug-likeness (QED) is 0.170. The predicted molar refractivity (Wildman–Crippen MR) is 107 cm³/mol. The molecular weight excluding hydrogens is 442 g/mol. The molecular formula is C19H23BF4I-. The maximum absolute atomic E-state index is 9.75. The molecule has 0 heterocycles. The third kappa shape index (κ3) is 10.5. The van der Waals surface area contributed by atoms with E-state index in [1.807, 2.05) is 0 Å². The van der Waals surface area contributed by atoms with Crippen molar-refractivity contribution in [1.29, 1.82) is 0 Å². The first-order chi connectivity index (χ1) is 11.8. The summed E-state index contributed by atoms with van der Waals surface area (Å²) in [6, 6.07) is 17.6. The number of hydrogen-bond donors (Lipinski definition) is 0. The van der Waals surface area contributed by atoms with Crippen LogP contribution in [0, 0.1) is 3.57 Å². The lowest BCUT2D eigenvalue weighted by atomic mass is 10.00. The van der Waals surface area contributed by atoms with Gasteiger partial charge in [-0.05, 0) is 58.2 Å². The van der Waals surface area contributed by atoms with Gasteiger partial charge in [0.15, 0.2) is 0 Å². The van der Waals surface area contributed by atoms with E-state index >= 15 is 0 Å². The van der Waals surface area contributed by atoms with E-state index in [1.54, 1.807) is 0 Å². The lowest BCUT2D eigenvalue weighted by Gasteiger charge is -2.08. The van der Waals surface area contributed by atoms with Crippen molar-refractivity contribution in [3.8, 4) is 11.1 Å². The maximum atomic E-state index is 9.75. The molecule has 2 aromatic rings. The Hall–Kier alpha value is -1.05. The summed E-state index contributed by atoms with van der Waals surface area (Å²) in [5.41, 5.74) is 4.17. The van der Waals surface area contributed by atoms with Gasteiger partial charge >= 0.3 is 7.25 Å². The molecule has 0 nitrogen and oxygen atoms in total. The van der Waals surface area contributed by atoms with Crippen LogP contribution in [0.4, 0.5) is 17.3 Å². The molecule has 0 saturated carbocycles. The Morgan fingerprint density at radius 2 is 1.44 bits per heavy atom. The first-order valence-electron chi connectivity index (χ1n) is 8.52. The van der Waals surface area contributed by atoms with Gasteiger partial charge in [-0.15, -0.1) is 0 Å². The van der Waals surface area contributed by atoms with E-state index in [0.29, 0.717) is 0 Å². The molecule has 25 heavy (non-hydrogen) atoms. The molecule has 138 valence electrons. The predicted octanol–water partition coefficient (Wildman–Crippen LogP) is 7.77. The van der Waals surface area contributed by atoms with Crippen molar-refractivity contribution in [2.24, 2.45) is 0 Å². The third-order valence-corrected chi connectivity index (χ3v) is 4.63. The Morgan fingerprint density at radius 1 is 0.840 bits per heavy atom. The highest BCUT2D eigenvalue weighted by Gasteiger charge is 2.20. The average molecular weight is 465 g/mol. The van der Waals surface area contributed by atoms with Gasteiger partial charge in [-0.1, -0.05) is 75.1 Å². The van der Waals surface area contributed by atoms with Crippen molar-refractivity contribution < 1.29 is 17.3 Å². The van der Waals surface area contributed by atoms with Crippen LogP contribution in [-0.4, -0.2) is 7.25 Å². The van der Waals surface area contributed by atoms with Crippen LogP contribution < -0.4 is 0 Å². The average Bonchev–Trinajstić information content (AvgIpc) is 2.55. The summed E-state index contributed by atoms with van der Waals surface area (Å²) in [6.45, 7) is 2.27. The first kappa shape index (κ1) is 22.0. The molecule has 0 bridgehead atoms. The van der Waals surface area contributed by atoms with Crippen LogP contribution in [0.3, 0.4) is 0 Å². The molecule has 0 amide bonds. The number of benzene rings is 2. The summed E-state index contributed by atoms with van der Waals surface area (Å²) < 4.78 is 40.3. The van der Waals surface area contributed by atoms with E-state index in [1.165, 1.54) is 58.8 Å².